The van der Waals surface area contributed by atoms with Gasteiger partial charge in [0.2, 0.25) is 0 Å². The van der Waals surface area contributed by atoms with Crippen molar-refractivity contribution in [3.8, 4) is 5.75 Å². The molecule has 3 unspecified atom stereocenters. The second-order valence-corrected chi connectivity index (χ2v) is 5.93. The Morgan fingerprint density at radius 2 is 2.22 bits per heavy atom. The van der Waals surface area contributed by atoms with Crippen LogP contribution >= 0.6 is 11.6 Å². The molecule has 0 aliphatic heterocycles. The monoisotopic (exact) mass is 264 g/mol. The number of aldehydes is 1. The van der Waals surface area contributed by atoms with Gasteiger partial charge in [0.25, 0.3) is 0 Å². The highest BCUT2D eigenvalue weighted by Gasteiger charge is 2.39. The standard InChI is InChI=1S/C15H17ClO2/c16-14-3-1-2-12(8-17)15(14)18-9-13-7-10-4-5-11(13)6-10/h1-3,8,10-11,13H,4-7,9H2. The first-order valence-electron chi connectivity index (χ1n) is 6.64. The van der Waals surface area contributed by atoms with E-state index in [1.807, 2.05) is 0 Å². The van der Waals surface area contributed by atoms with Crippen molar-refractivity contribution in [3.63, 3.8) is 0 Å². The van der Waals surface area contributed by atoms with Crippen molar-refractivity contribution in [3.05, 3.63) is 28.8 Å². The molecule has 2 nitrogen and oxygen atoms in total. The van der Waals surface area contributed by atoms with Gasteiger partial charge in [0.15, 0.2) is 6.29 Å². The van der Waals surface area contributed by atoms with E-state index in [2.05, 4.69) is 0 Å². The Kier molecular flexibility index (Phi) is 3.29. The topological polar surface area (TPSA) is 26.3 Å². The number of halogens is 1. The zero-order valence-electron chi connectivity index (χ0n) is 10.3. The first-order valence-corrected chi connectivity index (χ1v) is 7.02. The highest BCUT2D eigenvalue weighted by Crippen LogP contribution is 2.48. The fraction of sp³-hybridized carbons (Fsp3) is 0.533. The lowest BCUT2D eigenvalue weighted by Crippen LogP contribution is -2.19. The number of ether oxygens (including phenoxy) is 1. The van der Waals surface area contributed by atoms with Crippen molar-refractivity contribution in [2.75, 3.05) is 6.61 Å². The Morgan fingerprint density at radius 1 is 1.33 bits per heavy atom. The van der Waals surface area contributed by atoms with Crippen LogP contribution in [0.2, 0.25) is 5.02 Å². The quantitative estimate of drug-likeness (QED) is 0.770. The van der Waals surface area contributed by atoms with E-state index in [0.717, 1.165) is 18.1 Å². The minimum Gasteiger partial charge on any atom is -0.491 e. The third kappa shape index (κ3) is 2.14. The normalized spacial score (nSPS) is 29.5. The molecule has 2 saturated carbocycles. The highest BCUT2D eigenvalue weighted by molar-refractivity contribution is 6.32. The summed E-state index contributed by atoms with van der Waals surface area (Å²) in [6, 6.07) is 5.29. The van der Waals surface area contributed by atoms with Crippen molar-refractivity contribution in [1.29, 1.82) is 0 Å². The van der Waals surface area contributed by atoms with Crippen LogP contribution in [0.25, 0.3) is 0 Å². The Labute approximate surface area is 112 Å². The lowest BCUT2D eigenvalue weighted by Gasteiger charge is -2.22. The number of para-hydroxylation sites is 1. The highest BCUT2D eigenvalue weighted by atomic mass is 35.5. The van der Waals surface area contributed by atoms with E-state index in [4.69, 9.17) is 16.3 Å². The average Bonchev–Trinajstić information content (AvgIpc) is 2.99. The van der Waals surface area contributed by atoms with Crippen molar-refractivity contribution in [2.24, 2.45) is 17.8 Å². The van der Waals surface area contributed by atoms with Gasteiger partial charge >= 0.3 is 0 Å². The molecule has 1 aromatic carbocycles. The van der Waals surface area contributed by atoms with Gasteiger partial charge in [-0.15, -0.1) is 0 Å². The van der Waals surface area contributed by atoms with Gasteiger partial charge in [-0.2, -0.15) is 0 Å². The fourth-order valence-corrected chi connectivity index (χ4v) is 3.78. The molecule has 0 amide bonds. The molecule has 2 aliphatic rings. The number of hydrogen-bond donors (Lipinski definition) is 0. The summed E-state index contributed by atoms with van der Waals surface area (Å²) in [6.45, 7) is 0.700. The molecule has 0 heterocycles. The summed E-state index contributed by atoms with van der Waals surface area (Å²) >= 11 is 6.09. The summed E-state index contributed by atoms with van der Waals surface area (Å²) in [7, 11) is 0. The van der Waals surface area contributed by atoms with E-state index in [1.54, 1.807) is 18.2 Å². The average molecular weight is 265 g/mol. The molecule has 0 spiro atoms. The fourth-order valence-electron chi connectivity index (χ4n) is 3.54. The Bertz CT molecular complexity index is 458. The maximum absolute atomic E-state index is 11.0. The first-order chi connectivity index (χ1) is 8.78. The Balaban J connectivity index is 1.68. The largest absolute Gasteiger partial charge is 0.491 e. The smallest absolute Gasteiger partial charge is 0.153 e. The Hall–Kier alpha value is -1.02. The van der Waals surface area contributed by atoms with Gasteiger partial charge in [-0.05, 0) is 49.1 Å². The van der Waals surface area contributed by atoms with E-state index < -0.39 is 0 Å². The van der Waals surface area contributed by atoms with Crippen LogP contribution in [0.5, 0.6) is 5.75 Å². The molecule has 2 fully saturated rings. The summed E-state index contributed by atoms with van der Waals surface area (Å²) in [6.07, 6.45) is 6.21. The molecular formula is C15H17ClO2. The summed E-state index contributed by atoms with van der Waals surface area (Å²) in [4.78, 5) is 11.0. The van der Waals surface area contributed by atoms with Crippen LogP contribution in [0.15, 0.2) is 18.2 Å². The van der Waals surface area contributed by atoms with Crippen molar-refractivity contribution >= 4 is 17.9 Å². The van der Waals surface area contributed by atoms with E-state index in [0.29, 0.717) is 28.9 Å². The molecule has 0 N–H and O–H groups in total. The second kappa shape index (κ2) is 4.93. The van der Waals surface area contributed by atoms with Gasteiger partial charge < -0.3 is 4.74 Å². The lowest BCUT2D eigenvalue weighted by atomic mass is 9.89. The van der Waals surface area contributed by atoms with Crippen molar-refractivity contribution < 1.29 is 9.53 Å². The molecule has 0 radical (unpaired) electrons. The molecule has 0 aromatic heterocycles. The lowest BCUT2D eigenvalue weighted by molar-refractivity contribution is 0.111. The van der Waals surface area contributed by atoms with Gasteiger partial charge in [-0.3, -0.25) is 4.79 Å². The molecule has 2 aliphatic carbocycles. The maximum Gasteiger partial charge on any atom is 0.153 e. The molecule has 3 rings (SSSR count). The number of benzene rings is 1. The summed E-state index contributed by atoms with van der Waals surface area (Å²) in [5.41, 5.74) is 0.547. The van der Waals surface area contributed by atoms with Crippen LogP contribution in [-0.4, -0.2) is 12.9 Å². The molecule has 1 aromatic rings. The number of rotatable bonds is 4. The third-order valence-corrected chi connectivity index (χ3v) is 4.75. The van der Waals surface area contributed by atoms with Crippen LogP contribution in [0.1, 0.15) is 36.0 Å². The van der Waals surface area contributed by atoms with E-state index in [1.165, 1.54) is 25.7 Å². The number of carbonyl (C=O) groups excluding carboxylic acids is 1. The van der Waals surface area contributed by atoms with E-state index >= 15 is 0 Å². The van der Waals surface area contributed by atoms with E-state index in [9.17, 15) is 4.79 Å². The second-order valence-electron chi connectivity index (χ2n) is 5.52. The molecule has 3 atom stereocenters. The molecule has 18 heavy (non-hydrogen) atoms. The molecule has 2 bridgehead atoms. The Morgan fingerprint density at radius 3 is 2.89 bits per heavy atom. The van der Waals surface area contributed by atoms with Crippen LogP contribution in [0, 0.1) is 17.8 Å². The summed E-state index contributed by atoms with van der Waals surface area (Å²) < 4.78 is 5.83. The van der Waals surface area contributed by atoms with Gasteiger partial charge in [0.1, 0.15) is 5.75 Å². The van der Waals surface area contributed by atoms with Crippen LogP contribution in [-0.2, 0) is 0 Å². The number of hydrogen-bond acceptors (Lipinski definition) is 2. The predicted molar refractivity (Wildman–Crippen MR) is 71.3 cm³/mol. The first kappa shape index (κ1) is 12.0. The van der Waals surface area contributed by atoms with Crippen LogP contribution in [0.3, 0.4) is 0 Å². The zero-order chi connectivity index (χ0) is 12.5. The molecule has 0 saturated heterocycles. The van der Waals surface area contributed by atoms with Gasteiger partial charge in [-0.1, -0.05) is 24.1 Å². The van der Waals surface area contributed by atoms with Gasteiger partial charge in [-0.25, -0.2) is 0 Å². The third-order valence-electron chi connectivity index (χ3n) is 4.45. The van der Waals surface area contributed by atoms with Crippen LogP contribution in [0.4, 0.5) is 0 Å². The summed E-state index contributed by atoms with van der Waals surface area (Å²) in [5, 5.41) is 0.530. The zero-order valence-corrected chi connectivity index (χ0v) is 11.0. The molecular weight excluding hydrogens is 248 g/mol. The number of fused-ring (bicyclic) bond motifs is 2. The molecule has 3 heteroatoms. The van der Waals surface area contributed by atoms with Gasteiger partial charge in [0.05, 0.1) is 17.2 Å². The predicted octanol–water partition coefficient (Wildman–Crippen LogP) is 3.97. The van der Waals surface area contributed by atoms with Crippen molar-refractivity contribution in [1.82, 2.24) is 0 Å². The minimum absolute atomic E-state index is 0.530. The van der Waals surface area contributed by atoms with E-state index in [-0.39, 0.29) is 0 Å². The SMILES string of the molecule is O=Cc1cccc(Cl)c1OCC1CC2CCC1C2. The summed E-state index contributed by atoms with van der Waals surface area (Å²) in [5.74, 6) is 2.95. The number of carbonyl (C=O) groups is 1. The van der Waals surface area contributed by atoms with Crippen molar-refractivity contribution in [2.45, 2.75) is 25.7 Å². The maximum atomic E-state index is 11.0. The molecule has 96 valence electrons. The van der Waals surface area contributed by atoms with Crippen LogP contribution < -0.4 is 4.74 Å². The van der Waals surface area contributed by atoms with Gasteiger partial charge in [0, 0.05) is 0 Å². The minimum atomic E-state index is 0.530.